The van der Waals surface area contributed by atoms with Gasteiger partial charge in [0, 0.05) is 7.05 Å². The van der Waals surface area contributed by atoms with E-state index in [-0.39, 0.29) is 0 Å². The number of aromatic nitrogens is 6. The van der Waals surface area contributed by atoms with Gasteiger partial charge in [0.05, 0.1) is 27.8 Å². The standard InChI is InChI=1S/C17H14N6S/c1-22-13-8-4-5-9-14(13)23-16(22)20-21-17(23)24-10-15-18-11-6-2-3-7-12(11)19-15/h2-9H,10H2,1H3,(H,18,19). The summed E-state index contributed by atoms with van der Waals surface area (Å²) in [5.41, 5.74) is 4.31. The van der Waals surface area contributed by atoms with Crippen molar-refractivity contribution in [2.75, 3.05) is 0 Å². The highest BCUT2D eigenvalue weighted by atomic mass is 32.2. The lowest BCUT2D eigenvalue weighted by Gasteiger charge is -1.97. The van der Waals surface area contributed by atoms with Crippen LogP contribution in [0.25, 0.3) is 27.8 Å². The molecule has 0 bridgehead atoms. The molecular formula is C17H14N6S. The van der Waals surface area contributed by atoms with E-state index >= 15 is 0 Å². The molecule has 5 aromatic rings. The number of aromatic amines is 1. The van der Waals surface area contributed by atoms with Crippen LogP contribution in [-0.4, -0.2) is 29.1 Å². The maximum absolute atomic E-state index is 4.62. The van der Waals surface area contributed by atoms with E-state index in [1.165, 1.54) is 0 Å². The van der Waals surface area contributed by atoms with Gasteiger partial charge in [-0.3, -0.25) is 4.40 Å². The molecule has 3 heterocycles. The molecule has 3 aromatic heterocycles. The zero-order chi connectivity index (χ0) is 16.1. The maximum Gasteiger partial charge on any atom is 0.236 e. The Morgan fingerprint density at radius 2 is 1.79 bits per heavy atom. The third-order valence-electron chi connectivity index (χ3n) is 4.18. The van der Waals surface area contributed by atoms with Crippen molar-refractivity contribution in [3.63, 3.8) is 0 Å². The zero-order valence-corrected chi connectivity index (χ0v) is 13.8. The molecule has 5 rings (SSSR count). The summed E-state index contributed by atoms with van der Waals surface area (Å²) in [7, 11) is 2.01. The third-order valence-corrected chi connectivity index (χ3v) is 5.12. The first-order chi connectivity index (χ1) is 11.8. The Labute approximate surface area is 141 Å². The maximum atomic E-state index is 4.62. The molecule has 118 valence electrons. The topological polar surface area (TPSA) is 63.8 Å². The fraction of sp³-hybridized carbons (Fsp3) is 0.118. The average molecular weight is 334 g/mol. The van der Waals surface area contributed by atoms with Gasteiger partial charge in [0.25, 0.3) is 0 Å². The van der Waals surface area contributed by atoms with Crippen LogP contribution in [0.2, 0.25) is 0 Å². The molecular weight excluding hydrogens is 320 g/mol. The Bertz CT molecular complexity index is 1150. The van der Waals surface area contributed by atoms with Crippen LogP contribution in [-0.2, 0) is 12.8 Å². The molecule has 1 N–H and O–H groups in total. The van der Waals surface area contributed by atoms with E-state index < -0.39 is 0 Å². The van der Waals surface area contributed by atoms with Crippen molar-refractivity contribution in [1.82, 2.24) is 29.1 Å². The van der Waals surface area contributed by atoms with Gasteiger partial charge in [-0.2, -0.15) is 0 Å². The quantitative estimate of drug-likeness (QED) is 0.514. The molecule has 0 fully saturated rings. The Morgan fingerprint density at radius 3 is 2.67 bits per heavy atom. The van der Waals surface area contributed by atoms with Crippen molar-refractivity contribution < 1.29 is 0 Å². The molecule has 0 amide bonds. The molecule has 0 aliphatic rings. The monoisotopic (exact) mass is 334 g/mol. The predicted molar refractivity (Wildman–Crippen MR) is 95.1 cm³/mol. The van der Waals surface area contributed by atoms with E-state index in [4.69, 9.17) is 0 Å². The first kappa shape index (κ1) is 13.6. The number of fused-ring (bicyclic) bond motifs is 4. The molecule has 0 atom stereocenters. The van der Waals surface area contributed by atoms with E-state index in [0.717, 1.165) is 44.6 Å². The van der Waals surface area contributed by atoms with Crippen LogP contribution in [0, 0.1) is 0 Å². The van der Waals surface area contributed by atoms with E-state index in [9.17, 15) is 0 Å². The largest absolute Gasteiger partial charge is 0.341 e. The summed E-state index contributed by atoms with van der Waals surface area (Å²) in [6, 6.07) is 16.3. The molecule has 0 aliphatic heterocycles. The molecule has 0 saturated carbocycles. The van der Waals surface area contributed by atoms with E-state index in [0.29, 0.717) is 0 Å². The Balaban J connectivity index is 1.54. The lowest BCUT2D eigenvalue weighted by atomic mass is 10.3. The first-order valence-electron chi connectivity index (χ1n) is 7.66. The molecule has 7 heteroatoms. The number of nitrogens with one attached hydrogen (secondary N) is 1. The van der Waals surface area contributed by atoms with Crippen molar-refractivity contribution in [2.24, 2.45) is 7.05 Å². The first-order valence-corrected chi connectivity index (χ1v) is 8.65. The van der Waals surface area contributed by atoms with Gasteiger partial charge >= 0.3 is 0 Å². The van der Waals surface area contributed by atoms with Crippen LogP contribution in [0.5, 0.6) is 0 Å². The number of H-pyrrole nitrogens is 1. The van der Waals surface area contributed by atoms with Crippen molar-refractivity contribution in [2.45, 2.75) is 10.9 Å². The van der Waals surface area contributed by atoms with E-state index in [1.807, 2.05) is 43.4 Å². The molecule has 0 aliphatic carbocycles. The van der Waals surface area contributed by atoms with Crippen LogP contribution in [0.15, 0.2) is 53.7 Å². The highest BCUT2D eigenvalue weighted by Crippen LogP contribution is 2.26. The minimum Gasteiger partial charge on any atom is -0.341 e. The summed E-state index contributed by atoms with van der Waals surface area (Å²) in [5, 5.41) is 9.56. The highest BCUT2D eigenvalue weighted by molar-refractivity contribution is 7.98. The van der Waals surface area contributed by atoms with Crippen LogP contribution in [0.1, 0.15) is 5.82 Å². The normalized spacial score (nSPS) is 11.9. The van der Waals surface area contributed by atoms with Gasteiger partial charge in [-0.15, -0.1) is 10.2 Å². The number of thioether (sulfide) groups is 1. The van der Waals surface area contributed by atoms with Gasteiger partial charge in [0.1, 0.15) is 5.82 Å². The minimum absolute atomic E-state index is 0.721. The molecule has 2 aromatic carbocycles. The predicted octanol–water partition coefficient (Wildman–Crippen LogP) is 3.39. The molecule has 0 saturated heterocycles. The van der Waals surface area contributed by atoms with Gasteiger partial charge in [0.15, 0.2) is 5.16 Å². The Morgan fingerprint density at radius 1 is 1.00 bits per heavy atom. The molecule has 0 unspecified atom stereocenters. The van der Waals surface area contributed by atoms with Crippen molar-refractivity contribution in [3.05, 3.63) is 54.4 Å². The zero-order valence-electron chi connectivity index (χ0n) is 13.0. The minimum atomic E-state index is 0.721. The third kappa shape index (κ3) is 1.94. The number of benzene rings is 2. The van der Waals surface area contributed by atoms with Crippen LogP contribution < -0.4 is 0 Å². The lowest BCUT2D eigenvalue weighted by molar-refractivity contribution is 0.934. The number of hydrogen-bond acceptors (Lipinski definition) is 4. The molecule has 24 heavy (non-hydrogen) atoms. The number of imidazole rings is 2. The number of aryl methyl sites for hydroxylation is 1. The van der Waals surface area contributed by atoms with Gasteiger partial charge < -0.3 is 9.55 Å². The summed E-state index contributed by atoms with van der Waals surface area (Å²) in [6.07, 6.45) is 0. The average Bonchev–Trinajstić information content (AvgIpc) is 3.28. The summed E-state index contributed by atoms with van der Waals surface area (Å²) >= 11 is 1.64. The Kier molecular flexibility index (Phi) is 2.90. The highest BCUT2D eigenvalue weighted by Gasteiger charge is 2.15. The van der Waals surface area contributed by atoms with Gasteiger partial charge in [-0.1, -0.05) is 36.0 Å². The number of hydrogen-bond donors (Lipinski definition) is 1. The number of para-hydroxylation sites is 4. The SMILES string of the molecule is Cn1c2ccccc2n2c(SCc3nc4ccccc4[nH]3)nnc12. The molecule has 0 spiro atoms. The second kappa shape index (κ2) is 5.10. The molecule has 0 radical (unpaired) electrons. The number of rotatable bonds is 3. The van der Waals surface area contributed by atoms with Crippen LogP contribution >= 0.6 is 11.8 Å². The Hall–Kier alpha value is -2.80. The van der Waals surface area contributed by atoms with Crippen molar-refractivity contribution >= 4 is 39.6 Å². The van der Waals surface area contributed by atoms with E-state index in [2.05, 4.69) is 41.3 Å². The van der Waals surface area contributed by atoms with Crippen LogP contribution in [0.4, 0.5) is 0 Å². The number of nitrogens with zero attached hydrogens (tertiary/aromatic N) is 5. The fourth-order valence-electron chi connectivity index (χ4n) is 3.04. The van der Waals surface area contributed by atoms with Crippen molar-refractivity contribution in [1.29, 1.82) is 0 Å². The van der Waals surface area contributed by atoms with Gasteiger partial charge in [0.2, 0.25) is 5.78 Å². The second-order valence-corrected chi connectivity index (χ2v) is 6.60. The summed E-state index contributed by atoms with van der Waals surface area (Å²) < 4.78 is 4.16. The summed E-state index contributed by atoms with van der Waals surface area (Å²) in [6.45, 7) is 0. The second-order valence-electron chi connectivity index (χ2n) is 5.66. The molecule has 6 nitrogen and oxygen atoms in total. The fourth-order valence-corrected chi connectivity index (χ4v) is 3.85. The summed E-state index contributed by atoms with van der Waals surface area (Å²) in [5.74, 6) is 2.51. The summed E-state index contributed by atoms with van der Waals surface area (Å²) in [4.78, 5) is 7.97. The van der Waals surface area contributed by atoms with E-state index in [1.54, 1.807) is 11.8 Å². The van der Waals surface area contributed by atoms with Crippen LogP contribution in [0.3, 0.4) is 0 Å². The van der Waals surface area contributed by atoms with Crippen molar-refractivity contribution in [3.8, 4) is 0 Å². The smallest absolute Gasteiger partial charge is 0.236 e. The lowest BCUT2D eigenvalue weighted by Crippen LogP contribution is -1.89. The van der Waals surface area contributed by atoms with Gasteiger partial charge in [-0.25, -0.2) is 4.98 Å². The van der Waals surface area contributed by atoms with Gasteiger partial charge in [-0.05, 0) is 24.3 Å².